The van der Waals surface area contributed by atoms with Gasteiger partial charge >= 0.3 is 0 Å². The van der Waals surface area contributed by atoms with Crippen LogP contribution in [0.4, 0.5) is 4.39 Å². The number of carbonyl (C=O) groups excluding carboxylic acids is 1. The van der Waals surface area contributed by atoms with Crippen LogP contribution in [0, 0.1) is 5.82 Å². The third-order valence-electron chi connectivity index (χ3n) is 4.19. The Labute approximate surface area is 177 Å². The zero-order chi connectivity index (χ0) is 22.6. The summed E-state index contributed by atoms with van der Waals surface area (Å²) >= 11 is 0. The van der Waals surface area contributed by atoms with Gasteiger partial charge in [0.1, 0.15) is 17.2 Å². The third-order valence-corrected chi connectivity index (χ3v) is 5.58. The maximum Gasteiger partial charge on any atom is 0.283 e. The van der Waals surface area contributed by atoms with Gasteiger partial charge in [-0.2, -0.15) is 5.10 Å². The number of aromatic nitrogens is 3. The standard InChI is InChI=1S/C19H19FN4O6S/c1-28-13-9-14(20)17(16(10-13)29-2)31(26,27)23-18(25)15-6-5-12(19(22-15)30-3)11-24-8-4-7-21-24/h4-10H,11H2,1-3H3,(H,23,25). The van der Waals surface area contributed by atoms with Crippen molar-refractivity contribution >= 4 is 15.9 Å². The summed E-state index contributed by atoms with van der Waals surface area (Å²) in [6.45, 7) is 0.331. The SMILES string of the molecule is COc1cc(F)c(S(=O)(=O)NC(=O)c2ccc(Cn3cccn3)c(OC)n2)c(OC)c1. The van der Waals surface area contributed by atoms with Gasteiger partial charge in [0.25, 0.3) is 15.9 Å². The Morgan fingerprint density at radius 1 is 1.16 bits per heavy atom. The van der Waals surface area contributed by atoms with Crippen LogP contribution in [0.1, 0.15) is 16.1 Å². The Kier molecular flexibility index (Phi) is 6.39. The highest BCUT2D eigenvalue weighted by Crippen LogP contribution is 2.31. The summed E-state index contributed by atoms with van der Waals surface area (Å²) in [4.78, 5) is 15.8. The summed E-state index contributed by atoms with van der Waals surface area (Å²) in [7, 11) is -0.803. The Morgan fingerprint density at radius 3 is 2.55 bits per heavy atom. The number of methoxy groups -OCH3 is 3. The number of amides is 1. The molecule has 0 radical (unpaired) electrons. The molecular weight excluding hydrogens is 431 g/mol. The maximum atomic E-state index is 14.5. The van der Waals surface area contributed by atoms with E-state index in [1.54, 1.807) is 33.9 Å². The maximum absolute atomic E-state index is 14.5. The van der Waals surface area contributed by atoms with Crippen LogP contribution in [0.15, 0.2) is 47.6 Å². The molecule has 3 rings (SSSR count). The lowest BCUT2D eigenvalue weighted by Gasteiger charge is -2.13. The third kappa shape index (κ3) is 4.74. The molecule has 0 fully saturated rings. The van der Waals surface area contributed by atoms with Crippen LogP contribution in [0.25, 0.3) is 0 Å². The van der Waals surface area contributed by atoms with Gasteiger partial charge < -0.3 is 14.2 Å². The molecule has 1 N–H and O–H groups in total. The molecule has 0 bridgehead atoms. The molecule has 1 amide bonds. The van der Waals surface area contributed by atoms with Crippen LogP contribution < -0.4 is 18.9 Å². The highest BCUT2D eigenvalue weighted by molar-refractivity contribution is 7.90. The number of carbonyl (C=O) groups is 1. The number of nitrogens with one attached hydrogen (secondary N) is 1. The van der Waals surface area contributed by atoms with Gasteiger partial charge in [-0.25, -0.2) is 22.5 Å². The first kappa shape index (κ1) is 22.0. The van der Waals surface area contributed by atoms with Crippen LogP contribution in [-0.2, 0) is 16.6 Å². The zero-order valence-corrected chi connectivity index (χ0v) is 17.6. The molecule has 2 aromatic heterocycles. The molecule has 0 spiro atoms. The molecule has 0 aliphatic carbocycles. The summed E-state index contributed by atoms with van der Waals surface area (Å²) in [5, 5.41) is 4.08. The van der Waals surface area contributed by atoms with Gasteiger partial charge in [0.05, 0.1) is 27.9 Å². The van der Waals surface area contributed by atoms with Crippen molar-refractivity contribution in [2.45, 2.75) is 11.4 Å². The van der Waals surface area contributed by atoms with Crippen LogP contribution in [0.3, 0.4) is 0 Å². The molecule has 12 heteroatoms. The Hall–Kier alpha value is -3.67. The van der Waals surface area contributed by atoms with Crippen molar-refractivity contribution in [3.05, 3.63) is 59.8 Å². The first-order valence-electron chi connectivity index (χ1n) is 8.79. The van der Waals surface area contributed by atoms with E-state index in [0.29, 0.717) is 12.1 Å². The van der Waals surface area contributed by atoms with E-state index in [0.717, 1.165) is 6.07 Å². The van der Waals surface area contributed by atoms with E-state index in [-0.39, 0.29) is 23.1 Å². The molecule has 3 aromatic rings. The first-order valence-corrected chi connectivity index (χ1v) is 10.3. The van der Waals surface area contributed by atoms with Crippen molar-refractivity contribution in [2.24, 2.45) is 0 Å². The summed E-state index contributed by atoms with van der Waals surface area (Å²) < 4.78 is 58.3. The van der Waals surface area contributed by atoms with Crippen molar-refractivity contribution in [3.63, 3.8) is 0 Å². The predicted octanol–water partition coefficient (Wildman–Crippen LogP) is 1.61. The van der Waals surface area contributed by atoms with E-state index >= 15 is 0 Å². The lowest BCUT2D eigenvalue weighted by Crippen LogP contribution is -2.32. The zero-order valence-electron chi connectivity index (χ0n) is 16.8. The molecule has 0 aliphatic rings. The molecule has 0 unspecified atom stereocenters. The number of hydrogen-bond acceptors (Lipinski definition) is 8. The molecule has 0 aliphatic heterocycles. The lowest BCUT2D eigenvalue weighted by atomic mass is 10.2. The summed E-state index contributed by atoms with van der Waals surface area (Å²) in [6, 6.07) is 6.69. The lowest BCUT2D eigenvalue weighted by molar-refractivity contribution is 0.0975. The number of hydrogen-bond donors (Lipinski definition) is 1. The van der Waals surface area contributed by atoms with E-state index in [2.05, 4.69) is 10.1 Å². The van der Waals surface area contributed by atoms with Crippen molar-refractivity contribution in [1.29, 1.82) is 0 Å². The molecule has 0 atom stereocenters. The first-order chi connectivity index (χ1) is 14.8. The fraction of sp³-hybridized carbons (Fsp3) is 0.211. The molecular formula is C19H19FN4O6S. The molecule has 0 saturated carbocycles. The van der Waals surface area contributed by atoms with Crippen molar-refractivity contribution in [3.8, 4) is 17.4 Å². The molecule has 164 valence electrons. The number of benzene rings is 1. The highest BCUT2D eigenvalue weighted by atomic mass is 32.2. The summed E-state index contributed by atoms with van der Waals surface area (Å²) in [6.07, 6.45) is 3.35. The minimum absolute atomic E-state index is 0.0544. The number of sulfonamides is 1. The Bertz CT molecular complexity index is 1200. The average Bonchev–Trinajstić information content (AvgIpc) is 3.25. The summed E-state index contributed by atoms with van der Waals surface area (Å²) in [5.74, 6) is -2.36. The van der Waals surface area contributed by atoms with Gasteiger partial charge in [-0.05, 0) is 18.2 Å². The minimum atomic E-state index is -4.63. The van der Waals surface area contributed by atoms with Crippen molar-refractivity contribution < 1.29 is 31.8 Å². The molecule has 2 heterocycles. The van der Waals surface area contributed by atoms with Gasteiger partial charge in [-0.15, -0.1) is 0 Å². The normalized spacial score (nSPS) is 11.1. The fourth-order valence-electron chi connectivity index (χ4n) is 2.76. The second-order valence-electron chi connectivity index (χ2n) is 6.14. The van der Waals surface area contributed by atoms with Crippen LogP contribution in [0.5, 0.6) is 17.4 Å². The smallest absolute Gasteiger partial charge is 0.283 e. The largest absolute Gasteiger partial charge is 0.497 e. The van der Waals surface area contributed by atoms with Crippen LogP contribution in [0.2, 0.25) is 0 Å². The van der Waals surface area contributed by atoms with Crippen LogP contribution in [-0.4, -0.2) is 50.4 Å². The van der Waals surface area contributed by atoms with Gasteiger partial charge in [-0.3, -0.25) is 9.48 Å². The number of rotatable bonds is 8. The number of ether oxygens (including phenoxy) is 3. The van der Waals surface area contributed by atoms with Gasteiger partial charge in [0.2, 0.25) is 5.88 Å². The molecule has 10 nitrogen and oxygen atoms in total. The van der Waals surface area contributed by atoms with Gasteiger partial charge in [0, 0.05) is 30.1 Å². The summed E-state index contributed by atoms with van der Waals surface area (Å²) in [5.41, 5.74) is 0.381. The van der Waals surface area contributed by atoms with Crippen molar-refractivity contribution in [2.75, 3.05) is 21.3 Å². The monoisotopic (exact) mass is 450 g/mol. The molecule has 1 aromatic carbocycles. The number of halogens is 1. The number of nitrogens with zero attached hydrogens (tertiary/aromatic N) is 3. The number of pyridine rings is 1. The van der Waals surface area contributed by atoms with E-state index in [9.17, 15) is 17.6 Å². The fourth-order valence-corrected chi connectivity index (χ4v) is 3.93. The molecule has 0 saturated heterocycles. The van der Waals surface area contributed by atoms with E-state index in [1.807, 2.05) is 0 Å². The van der Waals surface area contributed by atoms with E-state index < -0.39 is 26.6 Å². The minimum Gasteiger partial charge on any atom is -0.497 e. The van der Waals surface area contributed by atoms with E-state index in [1.165, 1.54) is 33.5 Å². The van der Waals surface area contributed by atoms with Gasteiger partial charge in [0.15, 0.2) is 10.7 Å². The Morgan fingerprint density at radius 2 is 1.94 bits per heavy atom. The topological polar surface area (TPSA) is 122 Å². The predicted molar refractivity (Wildman–Crippen MR) is 106 cm³/mol. The second kappa shape index (κ2) is 9.00. The van der Waals surface area contributed by atoms with Crippen molar-refractivity contribution in [1.82, 2.24) is 19.5 Å². The Balaban J connectivity index is 1.89. The van der Waals surface area contributed by atoms with Gasteiger partial charge in [-0.1, -0.05) is 0 Å². The molecule has 31 heavy (non-hydrogen) atoms. The average molecular weight is 450 g/mol. The highest BCUT2D eigenvalue weighted by Gasteiger charge is 2.28. The van der Waals surface area contributed by atoms with Crippen LogP contribution >= 0.6 is 0 Å². The quantitative estimate of drug-likeness (QED) is 0.549. The van der Waals surface area contributed by atoms with E-state index in [4.69, 9.17) is 14.2 Å². The second-order valence-corrected chi connectivity index (χ2v) is 7.76.